The lowest BCUT2D eigenvalue weighted by atomic mass is 10.1. The summed E-state index contributed by atoms with van der Waals surface area (Å²) in [6, 6.07) is 6.46. The Balaban J connectivity index is 2.43. The topological polar surface area (TPSA) is 0 Å². The molecule has 0 bridgehead atoms. The molecule has 0 spiro atoms. The van der Waals surface area contributed by atoms with Gasteiger partial charge in [-0.25, -0.2) is 0 Å². The van der Waals surface area contributed by atoms with Gasteiger partial charge >= 0.3 is 0 Å². The molecule has 1 aromatic rings. The predicted molar refractivity (Wildman–Crippen MR) is 52.9 cm³/mol. The molecule has 1 radical (unpaired) electrons. The second kappa shape index (κ2) is 3.11. The van der Waals surface area contributed by atoms with E-state index in [0.29, 0.717) is 0 Å². The van der Waals surface area contributed by atoms with E-state index in [0.717, 1.165) is 5.56 Å². The summed E-state index contributed by atoms with van der Waals surface area (Å²) < 4.78 is 0. The monoisotopic (exact) mass is 181 g/mol. The number of rotatable bonds is 0. The summed E-state index contributed by atoms with van der Waals surface area (Å²) in [6.45, 7) is 3.91. The molecule has 0 saturated carbocycles. The summed E-state index contributed by atoms with van der Waals surface area (Å²) in [4.78, 5) is 1.41. The van der Waals surface area contributed by atoms with Gasteiger partial charge in [0.2, 0.25) is 0 Å². The molecule has 11 heavy (non-hydrogen) atoms. The van der Waals surface area contributed by atoms with Crippen LogP contribution in [0.25, 0.3) is 0 Å². The van der Waals surface area contributed by atoms with E-state index in [1.807, 2.05) is 21.6 Å². The highest BCUT2D eigenvalue weighted by Crippen LogP contribution is 2.39. The zero-order valence-electron chi connectivity index (χ0n) is 6.17. The second-order valence-electron chi connectivity index (χ2n) is 2.60. The van der Waals surface area contributed by atoms with E-state index in [1.54, 1.807) is 0 Å². The summed E-state index contributed by atoms with van der Waals surface area (Å²) >= 11 is 0. The van der Waals surface area contributed by atoms with Gasteiger partial charge in [0, 0.05) is 10.6 Å². The van der Waals surface area contributed by atoms with Gasteiger partial charge in [0.15, 0.2) is 0 Å². The zero-order chi connectivity index (χ0) is 7.68. The summed E-state index contributed by atoms with van der Waals surface area (Å²) in [7, 11) is 3.81. The number of benzene rings is 1. The fourth-order valence-corrected chi connectivity index (χ4v) is 3.48. The van der Waals surface area contributed by atoms with Crippen molar-refractivity contribution in [3.8, 4) is 0 Å². The van der Waals surface area contributed by atoms with Crippen LogP contribution >= 0.6 is 21.6 Å². The molecule has 1 heterocycles. The predicted octanol–water partition coefficient (Wildman–Crippen LogP) is 3.17. The maximum Gasteiger partial charge on any atom is 0.0217 e. The molecule has 2 heteroatoms. The highest BCUT2D eigenvalue weighted by molar-refractivity contribution is 8.76. The van der Waals surface area contributed by atoms with E-state index < -0.39 is 0 Å². The lowest BCUT2D eigenvalue weighted by molar-refractivity contribution is 1.09. The van der Waals surface area contributed by atoms with Gasteiger partial charge in [0.25, 0.3) is 0 Å². The van der Waals surface area contributed by atoms with Crippen LogP contribution < -0.4 is 0 Å². The van der Waals surface area contributed by atoms with Crippen LogP contribution in [0.5, 0.6) is 0 Å². The minimum Gasteiger partial charge on any atom is -0.0886 e. The van der Waals surface area contributed by atoms with E-state index in [2.05, 4.69) is 25.1 Å². The molecule has 1 aliphatic rings. The molecule has 0 saturated heterocycles. The minimum absolute atomic E-state index is 1.12. The first-order chi connectivity index (χ1) is 5.36. The lowest BCUT2D eigenvalue weighted by Crippen LogP contribution is -1.95. The van der Waals surface area contributed by atoms with Crippen molar-refractivity contribution in [3.05, 3.63) is 36.2 Å². The average molecular weight is 181 g/mol. The second-order valence-corrected chi connectivity index (χ2v) is 5.05. The minimum atomic E-state index is 1.12. The average Bonchev–Trinajstić information content (AvgIpc) is 2.04. The summed E-state index contributed by atoms with van der Waals surface area (Å²) in [5.74, 6) is 1.24. The molecule has 1 aromatic carbocycles. The highest BCUT2D eigenvalue weighted by atomic mass is 33.1. The molecule has 0 fully saturated rings. The van der Waals surface area contributed by atoms with E-state index in [1.165, 1.54) is 22.6 Å². The fraction of sp³-hybridized carbons (Fsp3) is 0.222. The van der Waals surface area contributed by atoms with Crippen molar-refractivity contribution >= 4 is 21.6 Å². The van der Waals surface area contributed by atoms with Gasteiger partial charge in [-0.15, -0.1) is 0 Å². The quantitative estimate of drug-likeness (QED) is 0.564. The number of hydrogen-bond acceptors (Lipinski definition) is 2. The molecule has 0 unspecified atom stereocenters. The molecule has 57 valence electrons. The first kappa shape index (κ1) is 7.56. The molecular formula is C9H9S2. The van der Waals surface area contributed by atoms with Gasteiger partial charge in [0.05, 0.1) is 0 Å². The van der Waals surface area contributed by atoms with E-state index >= 15 is 0 Å². The Labute approximate surface area is 75.2 Å². The molecular weight excluding hydrogens is 172 g/mol. The zero-order valence-corrected chi connectivity index (χ0v) is 7.80. The van der Waals surface area contributed by atoms with Gasteiger partial charge in [-0.05, 0) is 30.5 Å². The van der Waals surface area contributed by atoms with Crippen molar-refractivity contribution in [1.29, 1.82) is 0 Å². The SMILES string of the molecule is [CH2]c1ccc2c(c1)SSCC2. The van der Waals surface area contributed by atoms with E-state index in [-0.39, 0.29) is 0 Å². The summed E-state index contributed by atoms with van der Waals surface area (Å²) in [5, 5.41) is 0. The number of fused-ring (bicyclic) bond motifs is 1. The molecule has 1 aliphatic heterocycles. The first-order valence-electron chi connectivity index (χ1n) is 3.60. The van der Waals surface area contributed by atoms with Crippen LogP contribution in [0.4, 0.5) is 0 Å². The smallest absolute Gasteiger partial charge is 0.0217 e. The number of aryl methyl sites for hydroxylation is 1. The summed E-state index contributed by atoms with van der Waals surface area (Å²) in [6.07, 6.45) is 1.22. The molecule has 0 nitrogen and oxygen atoms in total. The molecule has 0 amide bonds. The van der Waals surface area contributed by atoms with Crippen LogP contribution in [0.1, 0.15) is 11.1 Å². The van der Waals surface area contributed by atoms with Crippen molar-refractivity contribution < 1.29 is 0 Å². The Hall–Kier alpha value is -0.0800. The Kier molecular flexibility index (Phi) is 2.14. The fourth-order valence-electron chi connectivity index (χ4n) is 1.14. The maximum absolute atomic E-state index is 3.91. The Morgan fingerprint density at radius 3 is 3.18 bits per heavy atom. The first-order valence-corrected chi connectivity index (χ1v) is 5.92. The molecule has 0 aliphatic carbocycles. The normalized spacial score (nSPS) is 16.1. The third kappa shape index (κ3) is 1.57. The maximum atomic E-state index is 3.91. The van der Waals surface area contributed by atoms with Gasteiger partial charge in [-0.3, -0.25) is 0 Å². The Bertz CT molecular complexity index is 268. The summed E-state index contributed by atoms with van der Waals surface area (Å²) in [5.41, 5.74) is 2.61. The number of hydrogen-bond donors (Lipinski definition) is 0. The van der Waals surface area contributed by atoms with E-state index in [4.69, 9.17) is 0 Å². The van der Waals surface area contributed by atoms with Crippen molar-refractivity contribution in [3.63, 3.8) is 0 Å². The van der Waals surface area contributed by atoms with Gasteiger partial charge in [-0.2, -0.15) is 0 Å². The van der Waals surface area contributed by atoms with Crippen LogP contribution in [-0.4, -0.2) is 5.75 Å². The lowest BCUT2D eigenvalue weighted by Gasteiger charge is -2.13. The van der Waals surface area contributed by atoms with Gasteiger partial charge in [0.1, 0.15) is 0 Å². The van der Waals surface area contributed by atoms with Crippen molar-refractivity contribution in [2.45, 2.75) is 11.3 Å². The standard InChI is InChI=1S/C9H9S2/c1-7-2-3-8-4-5-10-11-9(8)6-7/h2-3,6H,1,4-5H2. The third-order valence-electron chi connectivity index (χ3n) is 1.74. The molecule has 2 rings (SSSR count). The van der Waals surface area contributed by atoms with Crippen LogP contribution in [0, 0.1) is 6.92 Å². The van der Waals surface area contributed by atoms with Crippen molar-refractivity contribution in [2.75, 3.05) is 5.75 Å². The van der Waals surface area contributed by atoms with Crippen molar-refractivity contribution in [1.82, 2.24) is 0 Å². The third-order valence-corrected chi connectivity index (χ3v) is 4.18. The van der Waals surface area contributed by atoms with Gasteiger partial charge < -0.3 is 0 Å². The Morgan fingerprint density at radius 2 is 2.27 bits per heavy atom. The van der Waals surface area contributed by atoms with Crippen LogP contribution in [0.3, 0.4) is 0 Å². The van der Waals surface area contributed by atoms with Crippen LogP contribution in [-0.2, 0) is 6.42 Å². The molecule has 0 atom stereocenters. The largest absolute Gasteiger partial charge is 0.0886 e. The molecule has 0 aromatic heterocycles. The van der Waals surface area contributed by atoms with Crippen LogP contribution in [0.2, 0.25) is 0 Å². The van der Waals surface area contributed by atoms with Crippen LogP contribution in [0.15, 0.2) is 23.1 Å². The Morgan fingerprint density at radius 1 is 1.36 bits per heavy atom. The molecule has 0 N–H and O–H groups in total. The van der Waals surface area contributed by atoms with Gasteiger partial charge in [-0.1, -0.05) is 33.7 Å². The van der Waals surface area contributed by atoms with E-state index in [9.17, 15) is 0 Å². The highest BCUT2D eigenvalue weighted by Gasteiger charge is 2.08. The van der Waals surface area contributed by atoms with Crippen molar-refractivity contribution in [2.24, 2.45) is 0 Å².